The van der Waals surface area contributed by atoms with E-state index in [1.54, 1.807) is 0 Å². The van der Waals surface area contributed by atoms with Crippen LogP contribution in [0, 0.1) is 0 Å². The summed E-state index contributed by atoms with van der Waals surface area (Å²) in [5, 5.41) is 13.6. The van der Waals surface area contributed by atoms with Crippen LogP contribution in [-0.4, -0.2) is 23.9 Å². The zero-order valence-electron chi connectivity index (χ0n) is 10.6. The van der Waals surface area contributed by atoms with Gasteiger partial charge in [0.15, 0.2) is 0 Å². The molecule has 1 heterocycles. The molecule has 17 heavy (non-hydrogen) atoms. The van der Waals surface area contributed by atoms with Gasteiger partial charge in [0.05, 0.1) is 11.6 Å². The van der Waals surface area contributed by atoms with Gasteiger partial charge in [-0.25, -0.2) is 0 Å². The van der Waals surface area contributed by atoms with Crippen molar-refractivity contribution >= 4 is 0 Å². The molecule has 0 saturated heterocycles. The summed E-state index contributed by atoms with van der Waals surface area (Å²) in [4.78, 5) is 0. The maximum atomic E-state index is 10.2. The van der Waals surface area contributed by atoms with E-state index in [0.717, 1.165) is 18.6 Å². The quantitative estimate of drug-likeness (QED) is 0.822. The second kappa shape index (κ2) is 5.07. The minimum atomic E-state index is -0.600. The van der Waals surface area contributed by atoms with Gasteiger partial charge in [-0.1, -0.05) is 32.0 Å². The molecule has 94 valence electrons. The lowest BCUT2D eigenvalue weighted by atomic mass is 9.96. The largest absolute Gasteiger partial charge is 0.491 e. The van der Waals surface area contributed by atoms with Gasteiger partial charge in [0.1, 0.15) is 12.4 Å². The summed E-state index contributed by atoms with van der Waals surface area (Å²) in [6, 6.07) is 8.28. The van der Waals surface area contributed by atoms with Crippen molar-refractivity contribution in [3.05, 3.63) is 29.8 Å². The highest BCUT2D eigenvalue weighted by Gasteiger charge is 2.27. The van der Waals surface area contributed by atoms with Gasteiger partial charge >= 0.3 is 0 Å². The molecule has 0 bridgehead atoms. The van der Waals surface area contributed by atoms with Crippen LogP contribution < -0.4 is 10.1 Å². The number of hydrogen-bond acceptors (Lipinski definition) is 3. The molecule has 1 aromatic carbocycles. The molecule has 0 amide bonds. The molecule has 1 aliphatic heterocycles. The Morgan fingerprint density at radius 1 is 1.35 bits per heavy atom. The van der Waals surface area contributed by atoms with Crippen LogP contribution in [0.2, 0.25) is 0 Å². The van der Waals surface area contributed by atoms with Crippen molar-refractivity contribution in [3.8, 4) is 5.75 Å². The maximum Gasteiger partial charge on any atom is 0.124 e. The molecule has 2 rings (SSSR count). The molecule has 3 nitrogen and oxygen atoms in total. The summed E-state index contributed by atoms with van der Waals surface area (Å²) < 4.78 is 5.60. The fourth-order valence-corrected chi connectivity index (χ4v) is 2.14. The number of benzene rings is 1. The normalized spacial score (nSPS) is 18.9. The molecule has 0 aromatic heterocycles. The lowest BCUT2D eigenvalue weighted by molar-refractivity contribution is 0.0292. The van der Waals surface area contributed by atoms with Crippen molar-refractivity contribution in [1.29, 1.82) is 0 Å². The molecule has 1 unspecified atom stereocenters. The molecule has 0 aliphatic carbocycles. The lowest BCUT2D eigenvalue weighted by Gasteiger charge is -2.27. The van der Waals surface area contributed by atoms with Gasteiger partial charge in [0.2, 0.25) is 0 Å². The Kier molecular flexibility index (Phi) is 3.69. The van der Waals surface area contributed by atoms with Gasteiger partial charge in [0.25, 0.3) is 0 Å². The van der Waals surface area contributed by atoms with Crippen molar-refractivity contribution in [2.75, 3.05) is 13.2 Å². The van der Waals surface area contributed by atoms with E-state index in [2.05, 4.69) is 11.4 Å². The summed E-state index contributed by atoms with van der Waals surface area (Å²) in [6.45, 7) is 5.31. The third-order valence-corrected chi connectivity index (χ3v) is 3.69. The number of hydrogen-bond donors (Lipinski definition) is 2. The number of para-hydroxylation sites is 1. The van der Waals surface area contributed by atoms with Gasteiger partial charge in [-0.2, -0.15) is 0 Å². The smallest absolute Gasteiger partial charge is 0.124 e. The van der Waals surface area contributed by atoms with E-state index in [1.807, 2.05) is 32.0 Å². The van der Waals surface area contributed by atoms with E-state index >= 15 is 0 Å². The third-order valence-electron chi connectivity index (χ3n) is 3.69. The first-order chi connectivity index (χ1) is 8.18. The Labute approximate surface area is 103 Å². The van der Waals surface area contributed by atoms with E-state index in [-0.39, 0.29) is 6.04 Å². The highest BCUT2D eigenvalue weighted by atomic mass is 16.5. The molecule has 3 heteroatoms. The standard InChI is InChI=1S/C14H21NO2/c1-3-14(16,4-2)10-15-12-9-17-13-8-6-5-7-11(12)13/h5-8,12,15-16H,3-4,9-10H2,1-2H3. The van der Waals surface area contributed by atoms with Crippen LogP contribution in [0.3, 0.4) is 0 Å². The average molecular weight is 235 g/mol. The maximum absolute atomic E-state index is 10.2. The number of aliphatic hydroxyl groups is 1. The number of ether oxygens (including phenoxy) is 1. The molecule has 0 radical (unpaired) electrons. The molecule has 1 atom stereocenters. The van der Waals surface area contributed by atoms with Gasteiger partial charge in [0, 0.05) is 12.1 Å². The Morgan fingerprint density at radius 2 is 2.06 bits per heavy atom. The van der Waals surface area contributed by atoms with Crippen molar-refractivity contribution < 1.29 is 9.84 Å². The summed E-state index contributed by atoms with van der Waals surface area (Å²) in [7, 11) is 0. The minimum absolute atomic E-state index is 0.204. The molecular formula is C14H21NO2. The van der Waals surface area contributed by atoms with E-state index in [1.165, 1.54) is 5.56 Å². The molecule has 2 N–H and O–H groups in total. The second-order valence-electron chi connectivity index (χ2n) is 4.71. The first kappa shape index (κ1) is 12.4. The first-order valence-electron chi connectivity index (χ1n) is 6.36. The van der Waals surface area contributed by atoms with E-state index in [9.17, 15) is 5.11 Å². The highest BCUT2D eigenvalue weighted by Crippen LogP contribution is 2.32. The van der Waals surface area contributed by atoms with Crippen LogP contribution in [0.5, 0.6) is 5.75 Å². The fraction of sp³-hybridized carbons (Fsp3) is 0.571. The monoisotopic (exact) mass is 235 g/mol. The van der Waals surface area contributed by atoms with Crippen molar-refractivity contribution in [3.63, 3.8) is 0 Å². The zero-order chi connectivity index (χ0) is 12.3. The lowest BCUT2D eigenvalue weighted by Crippen LogP contribution is -2.41. The van der Waals surface area contributed by atoms with Crippen LogP contribution in [0.1, 0.15) is 38.3 Å². The molecular weight excluding hydrogens is 214 g/mol. The SMILES string of the molecule is CCC(O)(CC)CNC1COc2ccccc21. The Bertz CT molecular complexity index is 374. The minimum Gasteiger partial charge on any atom is -0.491 e. The van der Waals surface area contributed by atoms with E-state index < -0.39 is 5.60 Å². The van der Waals surface area contributed by atoms with Crippen molar-refractivity contribution in [2.45, 2.75) is 38.3 Å². The first-order valence-corrected chi connectivity index (χ1v) is 6.36. The van der Waals surface area contributed by atoms with E-state index in [4.69, 9.17) is 4.74 Å². The van der Waals surface area contributed by atoms with Gasteiger partial charge in [-0.05, 0) is 18.9 Å². The molecule has 0 fully saturated rings. The molecule has 0 spiro atoms. The predicted molar refractivity (Wildman–Crippen MR) is 68.2 cm³/mol. The molecule has 0 saturated carbocycles. The summed E-state index contributed by atoms with van der Waals surface area (Å²) in [5.41, 5.74) is 0.597. The Balaban J connectivity index is 1.98. The number of rotatable bonds is 5. The Hall–Kier alpha value is -1.06. The summed E-state index contributed by atoms with van der Waals surface area (Å²) in [5.74, 6) is 0.960. The van der Waals surface area contributed by atoms with Crippen molar-refractivity contribution in [2.24, 2.45) is 0 Å². The summed E-state index contributed by atoms with van der Waals surface area (Å²) >= 11 is 0. The third kappa shape index (κ3) is 2.61. The van der Waals surface area contributed by atoms with Crippen molar-refractivity contribution in [1.82, 2.24) is 5.32 Å². The molecule has 1 aromatic rings. The Morgan fingerprint density at radius 3 is 2.76 bits per heavy atom. The number of fused-ring (bicyclic) bond motifs is 1. The van der Waals surface area contributed by atoms with Gasteiger partial charge in [-0.15, -0.1) is 0 Å². The van der Waals surface area contributed by atoms with Crippen LogP contribution in [0.25, 0.3) is 0 Å². The van der Waals surface area contributed by atoms with E-state index in [0.29, 0.717) is 13.2 Å². The predicted octanol–water partition coefficient (Wildman–Crippen LogP) is 2.26. The fourth-order valence-electron chi connectivity index (χ4n) is 2.14. The van der Waals surface area contributed by atoms with Crippen LogP contribution in [0.15, 0.2) is 24.3 Å². The second-order valence-corrected chi connectivity index (χ2v) is 4.71. The van der Waals surface area contributed by atoms with Crippen LogP contribution >= 0.6 is 0 Å². The summed E-state index contributed by atoms with van der Waals surface area (Å²) in [6.07, 6.45) is 1.54. The van der Waals surface area contributed by atoms with Gasteiger partial charge in [-0.3, -0.25) is 0 Å². The van der Waals surface area contributed by atoms with Gasteiger partial charge < -0.3 is 15.2 Å². The van der Waals surface area contributed by atoms with Crippen LogP contribution in [0.4, 0.5) is 0 Å². The number of nitrogens with one attached hydrogen (secondary N) is 1. The topological polar surface area (TPSA) is 41.5 Å². The van der Waals surface area contributed by atoms with Crippen LogP contribution in [-0.2, 0) is 0 Å². The average Bonchev–Trinajstić information content (AvgIpc) is 2.79. The highest BCUT2D eigenvalue weighted by molar-refractivity contribution is 5.39. The zero-order valence-corrected chi connectivity index (χ0v) is 10.6. The molecule has 1 aliphatic rings.